The van der Waals surface area contributed by atoms with Crippen LogP contribution in [0.15, 0.2) is 60.9 Å². The quantitative estimate of drug-likeness (QED) is 0.230. The third-order valence-corrected chi connectivity index (χ3v) is 6.75. The highest BCUT2D eigenvalue weighted by Gasteiger charge is 2.17. The average molecular weight is 542 g/mol. The van der Waals surface area contributed by atoms with Gasteiger partial charge in [-0.05, 0) is 69.8 Å². The molecule has 1 N–H and O–H groups in total. The molecule has 7 nitrogen and oxygen atoms in total. The van der Waals surface area contributed by atoms with E-state index < -0.39 is 0 Å². The Bertz CT molecular complexity index is 1500. The maximum absolute atomic E-state index is 12.7. The van der Waals surface area contributed by atoms with Gasteiger partial charge in [0, 0.05) is 65.2 Å². The Kier molecular flexibility index (Phi) is 9.48. The van der Waals surface area contributed by atoms with Gasteiger partial charge in [0.05, 0.1) is 23.4 Å². The molecule has 2 aromatic heterocycles. The molecule has 4 rings (SSSR count). The zero-order valence-corrected chi connectivity index (χ0v) is 23.3. The number of nitrogens with zero attached hydrogens (tertiary/aromatic N) is 4. The van der Waals surface area contributed by atoms with Gasteiger partial charge in [0.2, 0.25) is 0 Å². The van der Waals surface area contributed by atoms with Crippen molar-refractivity contribution >= 4 is 39.7 Å². The first-order valence-electron chi connectivity index (χ1n) is 13.0. The summed E-state index contributed by atoms with van der Waals surface area (Å²) in [6.07, 6.45) is 5.58. The summed E-state index contributed by atoms with van der Waals surface area (Å²) in [6, 6.07) is 17.7. The summed E-state index contributed by atoms with van der Waals surface area (Å²) in [7, 11) is 3.89. The summed E-state index contributed by atoms with van der Waals surface area (Å²) >= 11 is 6.65. The van der Waals surface area contributed by atoms with E-state index in [4.69, 9.17) is 16.3 Å². The van der Waals surface area contributed by atoms with E-state index in [1.165, 1.54) is 0 Å². The molecule has 0 fully saturated rings. The first-order valence-corrected chi connectivity index (χ1v) is 13.4. The second-order valence-corrected chi connectivity index (χ2v) is 10.00. The number of Topliss-reactive ketones (excluding diaryl/α,β-unsaturated/α-hetero) is 1. The van der Waals surface area contributed by atoms with Crippen molar-refractivity contribution in [2.45, 2.75) is 32.6 Å². The van der Waals surface area contributed by atoms with Gasteiger partial charge in [-0.1, -0.05) is 23.7 Å². The fraction of sp³-hybridized carbons (Fsp3) is 0.290. The highest BCUT2D eigenvalue weighted by Crippen LogP contribution is 2.35. The van der Waals surface area contributed by atoms with Gasteiger partial charge in [-0.2, -0.15) is 5.26 Å². The molecule has 0 atom stereocenters. The molecule has 0 bridgehead atoms. The minimum absolute atomic E-state index is 0.121. The Balaban J connectivity index is 1.64. The number of aromatic nitrogens is 2. The van der Waals surface area contributed by atoms with Gasteiger partial charge in [0.15, 0.2) is 0 Å². The highest BCUT2D eigenvalue weighted by atomic mass is 35.5. The molecule has 0 saturated heterocycles. The van der Waals surface area contributed by atoms with Crippen molar-refractivity contribution in [1.82, 2.24) is 14.9 Å². The molecule has 0 spiro atoms. The Morgan fingerprint density at radius 2 is 1.95 bits per heavy atom. The minimum atomic E-state index is 0.121. The summed E-state index contributed by atoms with van der Waals surface area (Å²) in [6.45, 7) is 3.06. The minimum Gasteiger partial charge on any atom is -0.494 e. The molecule has 0 saturated carbocycles. The van der Waals surface area contributed by atoms with E-state index in [9.17, 15) is 10.1 Å². The number of aryl methyl sites for hydroxylation is 2. The molecule has 0 aliphatic rings. The standard InChI is InChI=1S/C31H32ClN5O2/c1-4-39-30-18-29-27(16-22(30)15-26(38)12-14-37(2)3)31(23(19-33)20-35-29)36-25-11-9-21(28(32)17-25)8-10-24-7-5-6-13-34-24/h5-7,9,11,13,16-18,20H,4,8,10,12,14-15H2,1-3H3,(H,35,36). The fourth-order valence-electron chi connectivity index (χ4n) is 4.34. The fourth-order valence-corrected chi connectivity index (χ4v) is 4.62. The largest absolute Gasteiger partial charge is 0.494 e. The zero-order valence-electron chi connectivity index (χ0n) is 22.5. The first kappa shape index (κ1) is 28.0. The second kappa shape index (κ2) is 13.2. The van der Waals surface area contributed by atoms with E-state index >= 15 is 0 Å². The maximum Gasteiger partial charge on any atom is 0.138 e. The summed E-state index contributed by atoms with van der Waals surface area (Å²) in [4.78, 5) is 23.6. The van der Waals surface area contributed by atoms with Gasteiger partial charge in [0.25, 0.3) is 0 Å². The number of benzene rings is 2. The van der Waals surface area contributed by atoms with E-state index in [2.05, 4.69) is 21.4 Å². The lowest BCUT2D eigenvalue weighted by Gasteiger charge is -2.16. The van der Waals surface area contributed by atoms with Crippen LogP contribution in [-0.2, 0) is 24.1 Å². The van der Waals surface area contributed by atoms with Crippen LogP contribution in [0.3, 0.4) is 0 Å². The third kappa shape index (κ3) is 7.32. The number of fused-ring (bicyclic) bond motifs is 1. The predicted molar refractivity (Wildman–Crippen MR) is 156 cm³/mol. The topological polar surface area (TPSA) is 91.1 Å². The van der Waals surface area contributed by atoms with Crippen molar-refractivity contribution in [3.8, 4) is 11.8 Å². The van der Waals surface area contributed by atoms with Crippen LogP contribution in [-0.4, -0.2) is 47.9 Å². The van der Waals surface area contributed by atoms with E-state index in [1.54, 1.807) is 12.4 Å². The molecular weight excluding hydrogens is 510 g/mol. The highest BCUT2D eigenvalue weighted by molar-refractivity contribution is 6.31. The van der Waals surface area contributed by atoms with Crippen molar-refractivity contribution in [3.63, 3.8) is 0 Å². The van der Waals surface area contributed by atoms with Gasteiger partial charge in [-0.3, -0.25) is 14.8 Å². The SMILES string of the molecule is CCOc1cc2ncc(C#N)c(Nc3ccc(CCc4ccccn4)c(Cl)c3)c2cc1CC(=O)CCN(C)C. The van der Waals surface area contributed by atoms with E-state index in [-0.39, 0.29) is 12.2 Å². The number of anilines is 2. The van der Waals surface area contributed by atoms with Crippen LogP contribution in [0.5, 0.6) is 5.75 Å². The summed E-state index contributed by atoms with van der Waals surface area (Å²) in [5, 5.41) is 14.6. The molecule has 2 aromatic carbocycles. The predicted octanol–water partition coefficient (Wildman–Crippen LogP) is 6.15. The second-order valence-electron chi connectivity index (χ2n) is 9.59. The van der Waals surface area contributed by atoms with Crippen LogP contribution in [0.2, 0.25) is 5.02 Å². The molecule has 8 heteroatoms. The number of ketones is 1. The molecule has 0 unspecified atom stereocenters. The lowest BCUT2D eigenvalue weighted by molar-refractivity contribution is -0.118. The van der Waals surface area contributed by atoms with Gasteiger partial charge < -0.3 is 15.0 Å². The third-order valence-electron chi connectivity index (χ3n) is 6.40. The first-order chi connectivity index (χ1) is 18.9. The van der Waals surface area contributed by atoms with Crippen molar-refractivity contribution < 1.29 is 9.53 Å². The molecule has 0 aliphatic carbocycles. The van der Waals surface area contributed by atoms with Crippen LogP contribution < -0.4 is 10.1 Å². The molecule has 0 amide bonds. The number of hydrogen-bond donors (Lipinski definition) is 1. The average Bonchev–Trinajstić information content (AvgIpc) is 2.93. The number of pyridine rings is 2. The Morgan fingerprint density at radius 3 is 2.64 bits per heavy atom. The van der Waals surface area contributed by atoms with Gasteiger partial charge in [-0.25, -0.2) is 0 Å². The summed E-state index contributed by atoms with van der Waals surface area (Å²) in [5.74, 6) is 0.752. The van der Waals surface area contributed by atoms with E-state index in [0.717, 1.165) is 40.7 Å². The Labute approximate surface area is 234 Å². The summed E-state index contributed by atoms with van der Waals surface area (Å²) in [5.41, 5.74) is 5.24. The van der Waals surface area contributed by atoms with Gasteiger partial charge in [0.1, 0.15) is 17.6 Å². The molecule has 0 radical (unpaired) electrons. The van der Waals surface area contributed by atoms with Crippen molar-refractivity contribution in [1.29, 1.82) is 5.26 Å². The Morgan fingerprint density at radius 1 is 1.10 bits per heavy atom. The Hall–Kier alpha value is -3.99. The lowest BCUT2D eigenvalue weighted by Crippen LogP contribution is -2.17. The summed E-state index contributed by atoms with van der Waals surface area (Å²) < 4.78 is 5.86. The molecule has 4 aromatic rings. The molecule has 200 valence electrons. The molecule has 39 heavy (non-hydrogen) atoms. The number of nitriles is 1. The smallest absolute Gasteiger partial charge is 0.138 e. The van der Waals surface area contributed by atoms with Crippen LogP contribution in [0.1, 0.15) is 35.7 Å². The molecule has 2 heterocycles. The van der Waals surface area contributed by atoms with Crippen LogP contribution in [0.4, 0.5) is 11.4 Å². The number of ether oxygens (including phenoxy) is 1. The molecule has 0 aliphatic heterocycles. The normalized spacial score (nSPS) is 11.0. The molecular formula is C31H32ClN5O2. The van der Waals surface area contributed by atoms with Crippen LogP contribution >= 0.6 is 11.6 Å². The van der Waals surface area contributed by atoms with E-state index in [0.29, 0.717) is 47.1 Å². The van der Waals surface area contributed by atoms with Crippen LogP contribution in [0.25, 0.3) is 10.9 Å². The number of carbonyl (C=O) groups is 1. The monoisotopic (exact) mass is 541 g/mol. The van der Waals surface area contributed by atoms with Gasteiger partial charge >= 0.3 is 0 Å². The van der Waals surface area contributed by atoms with Gasteiger partial charge in [-0.15, -0.1) is 0 Å². The van der Waals surface area contributed by atoms with Crippen LogP contribution in [0, 0.1) is 11.3 Å². The van der Waals surface area contributed by atoms with Crippen molar-refractivity contribution in [2.24, 2.45) is 0 Å². The van der Waals surface area contributed by atoms with Crippen molar-refractivity contribution in [3.05, 3.63) is 88.3 Å². The maximum atomic E-state index is 12.7. The van der Waals surface area contributed by atoms with E-state index in [1.807, 2.05) is 74.4 Å². The number of rotatable bonds is 12. The van der Waals surface area contributed by atoms with Crippen molar-refractivity contribution in [2.75, 3.05) is 32.6 Å². The number of nitrogens with one attached hydrogen (secondary N) is 1. The number of halogens is 1. The number of hydrogen-bond acceptors (Lipinski definition) is 7. The lowest BCUT2D eigenvalue weighted by atomic mass is 10.0. The zero-order chi connectivity index (χ0) is 27.8. The number of carbonyl (C=O) groups excluding carboxylic acids is 1.